The van der Waals surface area contributed by atoms with Crippen molar-refractivity contribution in [2.75, 3.05) is 0 Å². The first kappa shape index (κ1) is 27.6. The second-order valence-electron chi connectivity index (χ2n) is 10.9. The number of aromatic nitrogens is 2. The third kappa shape index (κ3) is 6.44. The maximum absolute atomic E-state index is 8.59. The van der Waals surface area contributed by atoms with Gasteiger partial charge in [0.15, 0.2) is 0 Å². The van der Waals surface area contributed by atoms with Crippen LogP contribution in [-0.2, 0) is 20.1 Å². The molecule has 0 bridgehead atoms. The minimum atomic E-state index is -0.813. The Hall–Kier alpha value is -4.17. The van der Waals surface area contributed by atoms with E-state index in [4.69, 9.17) is 7.73 Å². The van der Waals surface area contributed by atoms with Crippen LogP contribution in [0.1, 0.15) is 53.4 Å². The fourth-order valence-corrected chi connectivity index (χ4v) is 5.30. The molecule has 7 rings (SSSR count). The first-order chi connectivity index (χ1) is 21.1. The third-order valence-corrected chi connectivity index (χ3v) is 7.56. The molecule has 0 unspecified atom stereocenters. The summed E-state index contributed by atoms with van der Waals surface area (Å²) >= 11 is 0. The molecule has 0 aliphatic carbocycles. The van der Waals surface area contributed by atoms with Gasteiger partial charge in [-0.05, 0) is 67.6 Å². The fourth-order valence-electron chi connectivity index (χ4n) is 5.30. The third-order valence-electron chi connectivity index (χ3n) is 7.56. The quantitative estimate of drug-likeness (QED) is 0.133. The van der Waals surface area contributed by atoms with Gasteiger partial charge in [-0.25, -0.2) is 0 Å². The average molecular weight is 737 g/mol. The summed E-state index contributed by atoms with van der Waals surface area (Å²) in [5.74, 6) is -1.59. The van der Waals surface area contributed by atoms with Gasteiger partial charge >= 0.3 is 0 Å². The van der Waals surface area contributed by atoms with E-state index in [1.54, 1.807) is 6.20 Å². The average Bonchev–Trinajstić information content (AvgIpc) is 3.04. The second-order valence-corrected chi connectivity index (χ2v) is 10.9. The zero-order valence-electron chi connectivity index (χ0n) is 26.8. The molecule has 0 saturated carbocycles. The zero-order valence-corrected chi connectivity index (χ0v) is 27.2. The van der Waals surface area contributed by atoms with E-state index < -0.39 is 11.8 Å². The van der Waals surface area contributed by atoms with Gasteiger partial charge in [0.2, 0.25) is 0 Å². The van der Waals surface area contributed by atoms with Crippen molar-refractivity contribution >= 4 is 32.3 Å². The molecule has 43 heavy (non-hydrogen) atoms. The van der Waals surface area contributed by atoms with Crippen LogP contribution >= 0.6 is 0 Å². The van der Waals surface area contributed by atoms with E-state index in [2.05, 4.69) is 71.7 Å². The van der Waals surface area contributed by atoms with Crippen LogP contribution in [0.4, 0.5) is 0 Å². The smallest absolute Gasteiger partial charge is 0.0330 e. The summed E-state index contributed by atoms with van der Waals surface area (Å²) in [6.45, 7) is 7.47. The van der Waals surface area contributed by atoms with Gasteiger partial charge in [0, 0.05) is 35.2 Å². The topological polar surface area (TPSA) is 25.8 Å². The van der Waals surface area contributed by atoms with Gasteiger partial charge in [0.05, 0.1) is 0 Å². The largest absolute Gasteiger partial charge is 0.305 e. The van der Waals surface area contributed by atoms with Crippen LogP contribution in [0.3, 0.4) is 0 Å². The Morgan fingerprint density at radius 1 is 0.605 bits per heavy atom. The number of nitrogens with zero attached hydrogens (tertiary/aromatic N) is 2. The summed E-state index contributed by atoms with van der Waals surface area (Å²) in [4.78, 5) is 8.96. The summed E-state index contributed by atoms with van der Waals surface area (Å²) < 4.78 is 17.2. The molecule has 0 saturated heterocycles. The molecule has 0 aliphatic rings. The SMILES string of the molecule is [2H]C(C)(C)c1[c-]c(-c2nccc3c2ccc2c4ccccc4ccc32)cc(C([2H])(C)C)c1.[Ir].[c-]1ccccc1-c1ccccn1. The molecule has 2 heterocycles. The molecule has 3 heteroatoms. The number of pyridine rings is 2. The predicted molar refractivity (Wildman–Crippen MR) is 178 cm³/mol. The number of hydrogen-bond donors (Lipinski definition) is 0. The van der Waals surface area contributed by atoms with E-state index in [-0.39, 0.29) is 20.1 Å². The van der Waals surface area contributed by atoms with Crippen molar-refractivity contribution in [1.82, 2.24) is 9.97 Å². The Morgan fingerprint density at radius 3 is 2.07 bits per heavy atom. The van der Waals surface area contributed by atoms with Gasteiger partial charge in [0.1, 0.15) is 0 Å². The Kier molecular flexibility index (Phi) is 8.63. The standard InChI is InChI=1S/C29H26N.C11H8N.Ir/c1-18(2)21-15-22(19(3)4)17-23(16-21)29-28-12-11-25-24-8-6-5-7-20(24)9-10-26(25)27(28)13-14-30-29;1-2-6-10(7-3-1)11-8-4-5-9-12-11;/h5-16,18-19H,1-4H3;1-6,8-9H;/q2*-1;/i18D,19D;;. The molecule has 1 radical (unpaired) electrons. The molecule has 0 aliphatic heterocycles. The Labute approximate surface area is 271 Å². The molecule has 5 aromatic carbocycles. The molecule has 0 atom stereocenters. The maximum Gasteiger partial charge on any atom is 0.0330 e. The van der Waals surface area contributed by atoms with Crippen molar-refractivity contribution in [3.63, 3.8) is 0 Å². The van der Waals surface area contributed by atoms with E-state index in [0.717, 1.165) is 44.4 Å². The Bertz CT molecular complexity index is 2010. The van der Waals surface area contributed by atoms with E-state index in [0.29, 0.717) is 0 Å². The normalized spacial score (nSPS) is 12.2. The fraction of sp³-hybridized carbons (Fsp3) is 0.150. The molecule has 0 amide bonds. The van der Waals surface area contributed by atoms with Crippen molar-refractivity contribution in [1.29, 1.82) is 0 Å². The zero-order chi connectivity index (χ0) is 30.9. The molecular weight excluding hydrogens is 701 g/mol. The van der Waals surface area contributed by atoms with E-state index in [9.17, 15) is 0 Å². The first-order valence-electron chi connectivity index (χ1n) is 15.3. The van der Waals surface area contributed by atoms with Crippen LogP contribution in [0.25, 0.3) is 54.8 Å². The minimum absolute atomic E-state index is 0. The first-order valence-corrected chi connectivity index (χ1v) is 14.3. The van der Waals surface area contributed by atoms with Crippen LogP contribution in [0, 0.1) is 12.1 Å². The molecule has 215 valence electrons. The summed E-state index contributed by atoms with van der Waals surface area (Å²) in [5.41, 5.74) is 5.33. The molecule has 0 spiro atoms. The summed E-state index contributed by atoms with van der Waals surface area (Å²) in [7, 11) is 0. The van der Waals surface area contributed by atoms with Crippen LogP contribution in [0.5, 0.6) is 0 Å². The number of fused-ring (bicyclic) bond motifs is 5. The Morgan fingerprint density at radius 2 is 1.33 bits per heavy atom. The minimum Gasteiger partial charge on any atom is -0.305 e. The number of hydrogen-bond acceptors (Lipinski definition) is 2. The van der Waals surface area contributed by atoms with Gasteiger partial charge in [0.25, 0.3) is 0 Å². The van der Waals surface area contributed by atoms with E-state index >= 15 is 0 Å². The molecular formula is C40H34IrN2-2. The summed E-state index contributed by atoms with van der Waals surface area (Å²) in [5, 5.41) is 7.10. The van der Waals surface area contributed by atoms with Gasteiger partial charge < -0.3 is 9.97 Å². The van der Waals surface area contributed by atoms with Gasteiger partial charge in [-0.3, -0.25) is 0 Å². The number of rotatable bonds is 4. The Balaban J connectivity index is 0.000000258. The van der Waals surface area contributed by atoms with Crippen LogP contribution < -0.4 is 0 Å². The maximum atomic E-state index is 8.59. The van der Waals surface area contributed by atoms with Crippen LogP contribution in [0.15, 0.2) is 122 Å². The van der Waals surface area contributed by atoms with Crippen molar-refractivity contribution in [3.05, 3.63) is 145 Å². The van der Waals surface area contributed by atoms with Crippen LogP contribution in [0.2, 0.25) is 0 Å². The van der Waals surface area contributed by atoms with E-state index in [1.807, 2.05) is 88.5 Å². The second kappa shape index (κ2) is 13.4. The number of benzene rings is 5. The van der Waals surface area contributed by atoms with Gasteiger partial charge in [-0.1, -0.05) is 88.4 Å². The van der Waals surface area contributed by atoms with Gasteiger partial charge in [-0.15, -0.1) is 70.8 Å². The van der Waals surface area contributed by atoms with Crippen LogP contribution in [-0.4, -0.2) is 9.97 Å². The molecule has 2 aromatic heterocycles. The molecule has 7 aromatic rings. The van der Waals surface area contributed by atoms with Crippen molar-refractivity contribution < 1.29 is 22.8 Å². The van der Waals surface area contributed by atoms with Crippen molar-refractivity contribution in [2.24, 2.45) is 0 Å². The predicted octanol–water partition coefficient (Wildman–Crippen LogP) is 10.8. The summed E-state index contributed by atoms with van der Waals surface area (Å²) in [6.07, 6.45) is 3.64. The van der Waals surface area contributed by atoms with Gasteiger partial charge in [-0.2, -0.15) is 0 Å². The molecule has 0 fully saturated rings. The van der Waals surface area contributed by atoms with E-state index in [1.165, 1.54) is 21.5 Å². The van der Waals surface area contributed by atoms with Crippen molar-refractivity contribution in [3.8, 4) is 22.5 Å². The van der Waals surface area contributed by atoms with Crippen molar-refractivity contribution in [2.45, 2.75) is 39.5 Å². The summed E-state index contributed by atoms with van der Waals surface area (Å²) in [6, 6.07) is 43.4. The monoisotopic (exact) mass is 737 g/mol. The molecule has 2 nitrogen and oxygen atoms in total. The molecule has 0 N–H and O–H groups in total.